The van der Waals surface area contributed by atoms with Gasteiger partial charge >= 0.3 is 24.3 Å². The Morgan fingerprint density at radius 3 is 2.00 bits per heavy atom. The molecule has 11 nitrogen and oxygen atoms in total. The highest BCUT2D eigenvalue weighted by atomic mass is 19.4. The third-order valence-electron chi connectivity index (χ3n) is 4.46. The van der Waals surface area contributed by atoms with Crippen molar-refractivity contribution in [3.05, 3.63) is 60.5 Å². The number of nitrogens with zero attached hydrogens (tertiary/aromatic N) is 7. The van der Waals surface area contributed by atoms with Crippen LogP contribution >= 0.6 is 0 Å². The molecule has 0 fully saturated rings. The number of rotatable bonds is 4. The molecule has 0 aromatic carbocycles. The van der Waals surface area contributed by atoms with Crippen LogP contribution in [-0.4, -0.2) is 75.2 Å². The molecule has 0 unspecified atom stereocenters. The predicted molar refractivity (Wildman–Crippen MR) is 107 cm³/mol. The van der Waals surface area contributed by atoms with E-state index < -0.39 is 24.3 Å². The van der Waals surface area contributed by atoms with Crippen LogP contribution in [-0.2, 0) is 35.8 Å². The van der Waals surface area contributed by atoms with Crippen molar-refractivity contribution < 1.29 is 46.1 Å². The third kappa shape index (κ3) is 8.97. The topological polar surface area (TPSA) is 139 Å². The number of aromatic nitrogens is 6. The monoisotopic (exact) mass is 523 g/mol. The van der Waals surface area contributed by atoms with E-state index >= 15 is 0 Å². The Hall–Kier alpha value is -4.02. The standard InChI is InChI=1S/C15H17N7.2C2HF3O2/c1-3-16-4-2-13(1)8-20-5-6-22-14(7-18-15(22)10-20)9-21-12-17-11-19-21;2*3-2(4,5)1(6)7/h1-4,7,11-12H,5-6,8-10H2;2*(H,6,7). The molecule has 4 rings (SSSR count). The fourth-order valence-corrected chi connectivity index (χ4v) is 2.86. The first-order chi connectivity index (χ1) is 16.8. The van der Waals surface area contributed by atoms with Crippen LogP contribution in [0.1, 0.15) is 17.1 Å². The van der Waals surface area contributed by atoms with Crippen molar-refractivity contribution in [2.75, 3.05) is 6.54 Å². The predicted octanol–water partition coefficient (Wildman–Crippen LogP) is 2.20. The molecule has 0 amide bonds. The Bertz CT molecular complexity index is 1090. The summed E-state index contributed by atoms with van der Waals surface area (Å²) in [5.74, 6) is -4.39. The molecule has 0 aliphatic carbocycles. The maximum Gasteiger partial charge on any atom is 0.490 e. The van der Waals surface area contributed by atoms with E-state index in [0.29, 0.717) is 0 Å². The Balaban J connectivity index is 0.000000271. The fourth-order valence-electron chi connectivity index (χ4n) is 2.86. The largest absolute Gasteiger partial charge is 0.490 e. The maximum atomic E-state index is 10.6. The van der Waals surface area contributed by atoms with E-state index in [-0.39, 0.29) is 0 Å². The molecular weight excluding hydrogens is 504 g/mol. The summed E-state index contributed by atoms with van der Waals surface area (Å²) in [6, 6.07) is 4.13. The number of alkyl halides is 6. The van der Waals surface area contributed by atoms with Crippen molar-refractivity contribution >= 4 is 11.9 Å². The zero-order chi connectivity index (χ0) is 26.9. The Kier molecular flexibility index (Phi) is 9.48. The number of carboxylic acids is 2. The molecule has 0 saturated heterocycles. The summed E-state index contributed by atoms with van der Waals surface area (Å²) in [5, 5.41) is 18.4. The van der Waals surface area contributed by atoms with Crippen molar-refractivity contribution in [2.24, 2.45) is 0 Å². The van der Waals surface area contributed by atoms with Gasteiger partial charge in [0.15, 0.2) is 0 Å². The second-order valence-corrected chi connectivity index (χ2v) is 7.08. The van der Waals surface area contributed by atoms with Crippen molar-refractivity contribution in [1.29, 1.82) is 0 Å². The number of fused-ring (bicyclic) bond motifs is 1. The zero-order valence-corrected chi connectivity index (χ0v) is 18.2. The summed E-state index contributed by atoms with van der Waals surface area (Å²) in [6.07, 6.45) is -1.23. The minimum atomic E-state index is -5.08. The summed E-state index contributed by atoms with van der Waals surface area (Å²) in [5.41, 5.74) is 2.47. The SMILES string of the molecule is O=C(O)C(F)(F)F.O=C(O)C(F)(F)F.c1cc(CN2CCn3c(Cn4cncn4)cnc3C2)ccn1. The van der Waals surface area contributed by atoms with Crippen molar-refractivity contribution in [3.8, 4) is 0 Å². The Morgan fingerprint density at radius 1 is 0.917 bits per heavy atom. The molecule has 0 saturated carbocycles. The number of halogens is 6. The van der Waals surface area contributed by atoms with Gasteiger partial charge in [0.2, 0.25) is 0 Å². The lowest BCUT2D eigenvalue weighted by molar-refractivity contribution is -0.193. The van der Waals surface area contributed by atoms with Crippen molar-refractivity contribution in [2.45, 2.75) is 38.5 Å². The van der Waals surface area contributed by atoms with Gasteiger partial charge in [-0.25, -0.2) is 24.2 Å². The van der Waals surface area contributed by atoms with E-state index in [9.17, 15) is 26.3 Å². The average Bonchev–Trinajstić information content (AvgIpc) is 3.44. The quantitative estimate of drug-likeness (QED) is 0.493. The normalized spacial score (nSPS) is 13.5. The van der Waals surface area contributed by atoms with Crippen molar-refractivity contribution in [3.63, 3.8) is 0 Å². The zero-order valence-electron chi connectivity index (χ0n) is 18.2. The van der Waals surface area contributed by atoms with E-state index in [1.807, 2.05) is 23.3 Å². The molecule has 1 aliphatic heterocycles. The van der Waals surface area contributed by atoms with Gasteiger partial charge in [0, 0.05) is 32.0 Å². The average molecular weight is 523 g/mol. The summed E-state index contributed by atoms with van der Waals surface area (Å²) in [4.78, 5) is 32.8. The van der Waals surface area contributed by atoms with E-state index in [1.54, 1.807) is 12.7 Å². The molecule has 1 aliphatic rings. The smallest absolute Gasteiger partial charge is 0.475 e. The van der Waals surface area contributed by atoms with E-state index in [4.69, 9.17) is 19.8 Å². The lowest BCUT2D eigenvalue weighted by Gasteiger charge is -2.28. The number of aliphatic carboxylic acids is 2. The third-order valence-corrected chi connectivity index (χ3v) is 4.46. The van der Waals surface area contributed by atoms with Crippen LogP contribution in [0.4, 0.5) is 26.3 Å². The van der Waals surface area contributed by atoms with Crippen molar-refractivity contribution in [1.82, 2.24) is 34.2 Å². The number of hydrogen-bond donors (Lipinski definition) is 2. The number of carboxylic acid groups (broad SMARTS) is 2. The highest BCUT2D eigenvalue weighted by molar-refractivity contribution is 5.73. The number of carbonyl (C=O) groups is 2. The minimum Gasteiger partial charge on any atom is -0.475 e. The first-order valence-corrected chi connectivity index (χ1v) is 9.84. The number of pyridine rings is 1. The van der Waals surface area contributed by atoms with Gasteiger partial charge in [-0.1, -0.05) is 0 Å². The van der Waals surface area contributed by atoms with E-state index in [1.165, 1.54) is 11.3 Å². The molecule has 0 bridgehead atoms. The Morgan fingerprint density at radius 2 is 1.50 bits per heavy atom. The fraction of sp³-hybridized carbons (Fsp3) is 0.368. The van der Waals surface area contributed by atoms with Crippen LogP contribution in [0.15, 0.2) is 43.4 Å². The summed E-state index contributed by atoms with van der Waals surface area (Å²) < 4.78 is 67.6. The first-order valence-electron chi connectivity index (χ1n) is 9.84. The van der Waals surface area contributed by atoms with Gasteiger partial charge in [-0.05, 0) is 17.7 Å². The van der Waals surface area contributed by atoms with Crippen LogP contribution in [0, 0.1) is 0 Å². The van der Waals surface area contributed by atoms with Gasteiger partial charge < -0.3 is 14.8 Å². The molecule has 4 heterocycles. The highest BCUT2D eigenvalue weighted by Crippen LogP contribution is 2.17. The van der Waals surface area contributed by atoms with Gasteiger partial charge in [0.25, 0.3) is 0 Å². The van der Waals surface area contributed by atoms with E-state index in [0.717, 1.165) is 38.5 Å². The summed E-state index contributed by atoms with van der Waals surface area (Å²) in [7, 11) is 0. The maximum absolute atomic E-state index is 10.6. The summed E-state index contributed by atoms with van der Waals surface area (Å²) in [6.45, 7) is 4.52. The van der Waals surface area contributed by atoms with Crippen LogP contribution < -0.4 is 0 Å². The molecule has 36 heavy (non-hydrogen) atoms. The second-order valence-electron chi connectivity index (χ2n) is 7.08. The van der Waals surface area contributed by atoms with Gasteiger partial charge in [-0.15, -0.1) is 0 Å². The van der Waals surface area contributed by atoms with Crippen LogP contribution in [0.25, 0.3) is 0 Å². The Labute approximate surface area is 198 Å². The molecule has 0 atom stereocenters. The highest BCUT2D eigenvalue weighted by Gasteiger charge is 2.38. The van der Waals surface area contributed by atoms with Gasteiger partial charge in [-0.3, -0.25) is 9.88 Å². The molecule has 0 spiro atoms. The molecule has 0 radical (unpaired) electrons. The number of hydrogen-bond acceptors (Lipinski definition) is 7. The van der Waals surface area contributed by atoms with Crippen LogP contribution in [0.3, 0.4) is 0 Å². The van der Waals surface area contributed by atoms with Crippen LogP contribution in [0.5, 0.6) is 0 Å². The molecule has 17 heteroatoms. The minimum absolute atomic E-state index is 0.720. The molecule has 196 valence electrons. The lowest BCUT2D eigenvalue weighted by Crippen LogP contribution is -2.34. The van der Waals surface area contributed by atoms with Gasteiger partial charge in [-0.2, -0.15) is 31.4 Å². The number of imidazole rings is 1. The summed E-state index contributed by atoms with van der Waals surface area (Å²) >= 11 is 0. The first kappa shape index (κ1) is 28.2. The van der Waals surface area contributed by atoms with Gasteiger partial charge in [0.1, 0.15) is 18.5 Å². The van der Waals surface area contributed by atoms with Gasteiger partial charge in [0.05, 0.1) is 25.0 Å². The molecule has 3 aromatic rings. The molecule has 2 N–H and O–H groups in total. The second kappa shape index (κ2) is 12.1. The van der Waals surface area contributed by atoms with E-state index in [2.05, 4.69) is 41.7 Å². The molecular formula is C19H19F6N7O4. The van der Waals surface area contributed by atoms with Crippen LogP contribution in [0.2, 0.25) is 0 Å². The lowest BCUT2D eigenvalue weighted by atomic mass is 10.2. The molecule has 3 aromatic heterocycles.